The Morgan fingerprint density at radius 2 is 2.11 bits per heavy atom. The predicted molar refractivity (Wildman–Crippen MR) is 34.6 cm³/mol. The summed E-state index contributed by atoms with van der Waals surface area (Å²) in [4.78, 5) is 0. The van der Waals surface area contributed by atoms with E-state index >= 15 is 0 Å². The molecule has 0 nitrogen and oxygen atoms in total. The van der Waals surface area contributed by atoms with Gasteiger partial charge >= 0.3 is 0 Å². The average Bonchev–Trinajstić information content (AvgIpc) is 1.63. The molecule has 0 aliphatic heterocycles. The molecule has 0 heterocycles. The number of alkyl halides is 1. The van der Waals surface area contributed by atoms with Crippen molar-refractivity contribution in [1.29, 1.82) is 0 Å². The van der Waals surface area contributed by atoms with Crippen molar-refractivity contribution in [3.05, 3.63) is 24.1 Å². The van der Waals surface area contributed by atoms with E-state index in [1.54, 1.807) is 6.92 Å². The first-order valence-corrected chi connectivity index (χ1v) is 2.81. The topological polar surface area (TPSA) is 0 Å². The minimum absolute atomic E-state index is 0.521. The van der Waals surface area contributed by atoms with Gasteiger partial charge in [0.25, 0.3) is 0 Å². The molecule has 0 aliphatic rings. The fraction of sp³-hybridized carbons (Fsp3) is 0.429. The van der Waals surface area contributed by atoms with Gasteiger partial charge in [-0.3, -0.25) is 0 Å². The molecule has 0 rings (SSSR count). The SMILES string of the molecule is C/C=C\C(F)=C/C(C)F. The first kappa shape index (κ1) is 8.34. The number of allylic oxidation sites excluding steroid dienone is 4. The summed E-state index contributed by atoms with van der Waals surface area (Å²) in [6, 6.07) is 0. The van der Waals surface area contributed by atoms with Crippen molar-refractivity contribution in [1.82, 2.24) is 0 Å². The van der Waals surface area contributed by atoms with E-state index in [9.17, 15) is 8.78 Å². The molecule has 0 saturated heterocycles. The molecule has 0 aliphatic carbocycles. The molecular formula is C7H10F2. The molecule has 0 radical (unpaired) electrons. The van der Waals surface area contributed by atoms with Crippen LogP contribution in [0.3, 0.4) is 0 Å². The standard InChI is InChI=1S/C7H10F2/c1-3-4-7(9)5-6(2)8/h3-6H,1-2H3/b4-3-,7-5+. The summed E-state index contributed by atoms with van der Waals surface area (Å²) in [7, 11) is 0. The molecule has 0 fully saturated rings. The summed E-state index contributed by atoms with van der Waals surface area (Å²) in [5.74, 6) is -0.521. The van der Waals surface area contributed by atoms with Gasteiger partial charge in [0.2, 0.25) is 0 Å². The van der Waals surface area contributed by atoms with Crippen LogP contribution >= 0.6 is 0 Å². The largest absolute Gasteiger partial charge is 0.243 e. The molecule has 0 spiro atoms. The van der Waals surface area contributed by atoms with E-state index in [0.717, 1.165) is 6.08 Å². The summed E-state index contributed by atoms with van der Waals surface area (Å²) in [5.41, 5.74) is 0. The second-order valence-electron chi connectivity index (χ2n) is 1.73. The van der Waals surface area contributed by atoms with Gasteiger partial charge in [-0.2, -0.15) is 0 Å². The summed E-state index contributed by atoms with van der Waals surface area (Å²) < 4.78 is 24.1. The first-order valence-electron chi connectivity index (χ1n) is 2.81. The Morgan fingerprint density at radius 3 is 2.44 bits per heavy atom. The van der Waals surface area contributed by atoms with Crippen molar-refractivity contribution in [3.63, 3.8) is 0 Å². The van der Waals surface area contributed by atoms with Gasteiger partial charge in [0.1, 0.15) is 12.0 Å². The van der Waals surface area contributed by atoms with Gasteiger partial charge in [-0.25, -0.2) is 8.78 Å². The van der Waals surface area contributed by atoms with Crippen LogP contribution in [0.4, 0.5) is 8.78 Å². The van der Waals surface area contributed by atoms with E-state index in [-0.39, 0.29) is 0 Å². The lowest BCUT2D eigenvalue weighted by Crippen LogP contribution is -1.84. The van der Waals surface area contributed by atoms with E-state index in [1.165, 1.54) is 19.1 Å². The third kappa shape index (κ3) is 5.21. The Kier molecular flexibility index (Phi) is 3.93. The highest BCUT2D eigenvalue weighted by Gasteiger charge is 1.92. The number of hydrogen-bond donors (Lipinski definition) is 0. The Morgan fingerprint density at radius 1 is 1.56 bits per heavy atom. The molecule has 0 saturated carbocycles. The van der Waals surface area contributed by atoms with Crippen molar-refractivity contribution in [2.24, 2.45) is 0 Å². The first-order chi connectivity index (χ1) is 4.16. The van der Waals surface area contributed by atoms with Crippen LogP contribution in [0, 0.1) is 0 Å². The maximum absolute atomic E-state index is 12.2. The van der Waals surface area contributed by atoms with Gasteiger partial charge in [-0.15, -0.1) is 0 Å². The molecule has 1 atom stereocenters. The van der Waals surface area contributed by atoms with Crippen LogP contribution in [0.5, 0.6) is 0 Å². The van der Waals surface area contributed by atoms with E-state index in [2.05, 4.69) is 0 Å². The average molecular weight is 132 g/mol. The third-order valence-corrected chi connectivity index (χ3v) is 0.715. The van der Waals surface area contributed by atoms with Crippen LogP contribution in [0.15, 0.2) is 24.1 Å². The molecule has 52 valence electrons. The smallest absolute Gasteiger partial charge is 0.121 e. The van der Waals surface area contributed by atoms with Gasteiger partial charge < -0.3 is 0 Å². The van der Waals surface area contributed by atoms with Crippen LogP contribution in [-0.4, -0.2) is 6.17 Å². The van der Waals surface area contributed by atoms with Crippen molar-refractivity contribution < 1.29 is 8.78 Å². The minimum atomic E-state index is -1.21. The lowest BCUT2D eigenvalue weighted by molar-refractivity contribution is 0.423. The van der Waals surface area contributed by atoms with Gasteiger partial charge in [0, 0.05) is 0 Å². The zero-order valence-electron chi connectivity index (χ0n) is 5.57. The van der Waals surface area contributed by atoms with E-state index in [4.69, 9.17) is 0 Å². The molecular weight excluding hydrogens is 122 g/mol. The molecule has 1 unspecified atom stereocenters. The summed E-state index contributed by atoms with van der Waals surface area (Å²) >= 11 is 0. The monoisotopic (exact) mass is 132 g/mol. The van der Waals surface area contributed by atoms with E-state index in [1.807, 2.05) is 0 Å². The molecule has 0 aromatic rings. The molecule has 0 amide bonds. The molecule has 0 aromatic heterocycles. The maximum Gasteiger partial charge on any atom is 0.121 e. The van der Waals surface area contributed by atoms with Crippen LogP contribution < -0.4 is 0 Å². The fourth-order valence-corrected chi connectivity index (χ4v) is 0.434. The van der Waals surface area contributed by atoms with Gasteiger partial charge in [-0.05, 0) is 26.0 Å². The Hall–Kier alpha value is -0.660. The summed E-state index contributed by atoms with van der Waals surface area (Å²) in [6.07, 6.45) is 2.45. The second kappa shape index (κ2) is 4.24. The summed E-state index contributed by atoms with van der Waals surface area (Å²) in [6.45, 7) is 2.96. The molecule has 0 bridgehead atoms. The van der Waals surface area contributed by atoms with Gasteiger partial charge in [0.15, 0.2) is 0 Å². The van der Waals surface area contributed by atoms with E-state index < -0.39 is 12.0 Å². The van der Waals surface area contributed by atoms with Crippen LogP contribution in [0.25, 0.3) is 0 Å². The Labute approximate surface area is 53.9 Å². The molecule has 9 heavy (non-hydrogen) atoms. The highest BCUT2D eigenvalue weighted by molar-refractivity contribution is 5.11. The quantitative estimate of drug-likeness (QED) is 0.507. The Bertz CT molecular complexity index is 123. The molecule has 2 heteroatoms. The van der Waals surface area contributed by atoms with Gasteiger partial charge in [0.05, 0.1) is 0 Å². The van der Waals surface area contributed by atoms with Crippen molar-refractivity contribution >= 4 is 0 Å². The zero-order chi connectivity index (χ0) is 7.28. The highest BCUT2D eigenvalue weighted by atomic mass is 19.1. The van der Waals surface area contributed by atoms with Gasteiger partial charge in [-0.1, -0.05) is 6.08 Å². The third-order valence-electron chi connectivity index (χ3n) is 0.715. The molecule has 0 aromatic carbocycles. The normalized spacial score (nSPS) is 16.7. The number of hydrogen-bond acceptors (Lipinski definition) is 0. The van der Waals surface area contributed by atoms with Crippen LogP contribution in [0.1, 0.15) is 13.8 Å². The molecule has 0 N–H and O–H groups in total. The zero-order valence-corrected chi connectivity index (χ0v) is 5.57. The lowest BCUT2D eigenvalue weighted by Gasteiger charge is -1.88. The number of halogens is 2. The highest BCUT2D eigenvalue weighted by Crippen LogP contribution is 2.02. The van der Waals surface area contributed by atoms with Crippen LogP contribution in [0.2, 0.25) is 0 Å². The van der Waals surface area contributed by atoms with Crippen molar-refractivity contribution in [2.75, 3.05) is 0 Å². The van der Waals surface area contributed by atoms with Crippen LogP contribution in [-0.2, 0) is 0 Å². The lowest BCUT2D eigenvalue weighted by atomic mass is 10.3. The van der Waals surface area contributed by atoms with E-state index in [0.29, 0.717) is 0 Å². The minimum Gasteiger partial charge on any atom is -0.243 e. The van der Waals surface area contributed by atoms with Crippen molar-refractivity contribution in [2.45, 2.75) is 20.0 Å². The second-order valence-corrected chi connectivity index (χ2v) is 1.73. The Balaban J connectivity index is 3.84. The van der Waals surface area contributed by atoms with Crippen molar-refractivity contribution in [3.8, 4) is 0 Å². The summed E-state index contributed by atoms with van der Waals surface area (Å²) in [5, 5.41) is 0. The fourth-order valence-electron chi connectivity index (χ4n) is 0.434. The maximum atomic E-state index is 12.2. The predicted octanol–water partition coefficient (Wildman–Crippen LogP) is 2.77. The number of rotatable bonds is 2.